The van der Waals surface area contributed by atoms with Gasteiger partial charge in [-0.25, -0.2) is 4.98 Å². The van der Waals surface area contributed by atoms with Crippen LogP contribution in [0.3, 0.4) is 0 Å². The summed E-state index contributed by atoms with van der Waals surface area (Å²) in [7, 11) is 0. The minimum Gasteiger partial charge on any atom is -0.353 e. The van der Waals surface area contributed by atoms with Crippen LogP contribution in [0.15, 0.2) is 58.5 Å². The third-order valence-electron chi connectivity index (χ3n) is 4.41. The molecule has 0 saturated heterocycles. The van der Waals surface area contributed by atoms with E-state index >= 15 is 0 Å². The monoisotopic (exact) mass is 415 g/mol. The number of para-hydroxylation sites is 1. The number of thioether (sulfide) groups is 1. The molecule has 5 nitrogen and oxygen atoms in total. The molecular weight excluding hydrogens is 394 g/mol. The minimum absolute atomic E-state index is 0.0731. The lowest BCUT2D eigenvalue weighted by molar-refractivity contribution is -0.119. The zero-order valence-electron chi connectivity index (χ0n) is 15.8. The van der Waals surface area contributed by atoms with Crippen LogP contribution in [0.1, 0.15) is 25.8 Å². The number of halogens is 1. The average Bonchev–Trinajstić information content (AvgIpc) is 2.69. The lowest BCUT2D eigenvalue weighted by atomic mass is 10.2. The number of aromatic nitrogens is 2. The fraction of sp³-hybridized carbons (Fsp3) is 0.286. The first-order valence-corrected chi connectivity index (χ1v) is 10.5. The summed E-state index contributed by atoms with van der Waals surface area (Å²) in [5.74, 6) is 0.126. The molecular formula is C21H22ClN3O2S. The van der Waals surface area contributed by atoms with Crippen molar-refractivity contribution in [3.05, 3.63) is 69.5 Å². The summed E-state index contributed by atoms with van der Waals surface area (Å²) in [6, 6.07) is 14.7. The molecule has 0 radical (unpaired) electrons. The maximum atomic E-state index is 13.1. The SMILES string of the molecule is CC[C@H](C)NC(=O)CSc1nc2ccccc2c(=O)n1Cc1cccc(Cl)c1. The molecule has 0 unspecified atom stereocenters. The Bertz CT molecular complexity index is 1050. The molecule has 0 spiro atoms. The van der Waals surface area contributed by atoms with E-state index in [4.69, 9.17) is 11.6 Å². The van der Waals surface area contributed by atoms with Gasteiger partial charge in [0.2, 0.25) is 5.91 Å². The molecule has 0 saturated carbocycles. The standard InChI is InChI=1S/C21H22ClN3O2S/c1-3-14(2)23-19(26)13-28-21-24-18-10-5-4-9-17(18)20(27)25(21)12-15-7-6-8-16(22)11-15/h4-11,14H,3,12-13H2,1-2H3,(H,23,26)/t14-/m0/s1. The zero-order chi connectivity index (χ0) is 20.1. The molecule has 1 atom stereocenters. The van der Waals surface area contributed by atoms with Gasteiger partial charge in [0.1, 0.15) is 0 Å². The van der Waals surface area contributed by atoms with Crippen molar-refractivity contribution in [1.82, 2.24) is 14.9 Å². The highest BCUT2D eigenvalue weighted by molar-refractivity contribution is 7.99. The molecule has 3 rings (SSSR count). The van der Waals surface area contributed by atoms with Gasteiger partial charge in [0.25, 0.3) is 5.56 Å². The molecule has 1 N–H and O–H groups in total. The van der Waals surface area contributed by atoms with E-state index < -0.39 is 0 Å². The van der Waals surface area contributed by atoms with Crippen molar-refractivity contribution in [2.75, 3.05) is 5.75 Å². The number of nitrogens with zero attached hydrogens (tertiary/aromatic N) is 2. The van der Waals surface area contributed by atoms with Crippen LogP contribution in [0.25, 0.3) is 10.9 Å². The van der Waals surface area contributed by atoms with Crippen LogP contribution in [0.5, 0.6) is 0 Å². The van der Waals surface area contributed by atoms with Crippen molar-refractivity contribution in [2.45, 2.75) is 38.0 Å². The number of carbonyl (C=O) groups excluding carboxylic acids is 1. The van der Waals surface area contributed by atoms with Gasteiger partial charge in [-0.3, -0.25) is 14.2 Å². The number of rotatable bonds is 7. The van der Waals surface area contributed by atoms with Crippen LogP contribution in [0.2, 0.25) is 5.02 Å². The summed E-state index contributed by atoms with van der Waals surface area (Å²) in [6.45, 7) is 4.32. The molecule has 0 aliphatic rings. The van der Waals surface area contributed by atoms with E-state index in [1.807, 2.05) is 50.2 Å². The second-order valence-corrected chi connectivity index (χ2v) is 7.98. The molecule has 3 aromatic rings. The third-order valence-corrected chi connectivity index (χ3v) is 5.62. The average molecular weight is 416 g/mol. The van der Waals surface area contributed by atoms with Crippen molar-refractivity contribution in [2.24, 2.45) is 0 Å². The Morgan fingerprint density at radius 3 is 2.79 bits per heavy atom. The van der Waals surface area contributed by atoms with Crippen molar-refractivity contribution in [3.63, 3.8) is 0 Å². The molecule has 1 heterocycles. The number of fused-ring (bicyclic) bond motifs is 1. The van der Waals surface area contributed by atoms with Crippen LogP contribution in [-0.2, 0) is 11.3 Å². The van der Waals surface area contributed by atoms with Gasteiger partial charge in [0.05, 0.1) is 23.2 Å². The largest absolute Gasteiger partial charge is 0.353 e. The fourth-order valence-corrected chi connectivity index (χ4v) is 3.79. The van der Waals surface area contributed by atoms with Gasteiger partial charge in [0.15, 0.2) is 5.16 Å². The molecule has 7 heteroatoms. The predicted molar refractivity (Wildman–Crippen MR) is 115 cm³/mol. The molecule has 28 heavy (non-hydrogen) atoms. The Labute approximate surface area is 173 Å². The van der Waals surface area contributed by atoms with Gasteiger partial charge in [-0.05, 0) is 43.2 Å². The maximum absolute atomic E-state index is 13.1. The van der Waals surface area contributed by atoms with Gasteiger partial charge < -0.3 is 5.32 Å². The van der Waals surface area contributed by atoms with E-state index in [0.717, 1.165) is 12.0 Å². The molecule has 1 amide bonds. The molecule has 1 aromatic heterocycles. The highest BCUT2D eigenvalue weighted by Gasteiger charge is 2.14. The van der Waals surface area contributed by atoms with Crippen LogP contribution in [0, 0.1) is 0 Å². The van der Waals surface area contributed by atoms with Crippen molar-refractivity contribution < 1.29 is 4.79 Å². The third kappa shape index (κ3) is 4.94. The Morgan fingerprint density at radius 1 is 1.25 bits per heavy atom. The second-order valence-electron chi connectivity index (χ2n) is 6.60. The highest BCUT2D eigenvalue weighted by atomic mass is 35.5. The van der Waals surface area contributed by atoms with E-state index in [-0.39, 0.29) is 23.3 Å². The fourth-order valence-electron chi connectivity index (χ4n) is 2.76. The van der Waals surface area contributed by atoms with Gasteiger partial charge >= 0.3 is 0 Å². The Morgan fingerprint density at radius 2 is 2.04 bits per heavy atom. The van der Waals surface area contributed by atoms with Crippen LogP contribution < -0.4 is 10.9 Å². The van der Waals surface area contributed by atoms with Crippen molar-refractivity contribution in [1.29, 1.82) is 0 Å². The Balaban J connectivity index is 1.95. The quantitative estimate of drug-likeness (QED) is 0.466. The Kier molecular flexibility index (Phi) is 6.75. The van der Waals surface area contributed by atoms with Crippen molar-refractivity contribution in [3.8, 4) is 0 Å². The lowest BCUT2D eigenvalue weighted by Gasteiger charge is -2.14. The number of amides is 1. The van der Waals surface area contributed by atoms with E-state index in [0.29, 0.717) is 27.6 Å². The normalized spacial score (nSPS) is 12.1. The van der Waals surface area contributed by atoms with Gasteiger partial charge in [-0.15, -0.1) is 0 Å². The molecule has 0 aliphatic carbocycles. The van der Waals surface area contributed by atoms with Gasteiger partial charge in [-0.2, -0.15) is 0 Å². The summed E-state index contributed by atoms with van der Waals surface area (Å²) in [5, 5.41) is 4.62. The van der Waals surface area contributed by atoms with E-state index in [2.05, 4.69) is 10.3 Å². The first kappa shape index (κ1) is 20.4. The first-order valence-electron chi connectivity index (χ1n) is 9.14. The molecule has 0 aliphatic heterocycles. The molecule has 146 valence electrons. The van der Waals surface area contributed by atoms with E-state index in [9.17, 15) is 9.59 Å². The van der Waals surface area contributed by atoms with Crippen LogP contribution in [0.4, 0.5) is 0 Å². The molecule has 2 aromatic carbocycles. The number of hydrogen-bond acceptors (Lipinski definition) is 4. The summed E-state index contributed by atoms with van der Waals surface area (Å²) >= 11 is 7.36. The first-order chi connectivity index (χ1) is 13.5. The van der Waals surface area contributed by atoms with E-state index in [1.165, 1.54) is 11.8 Å². The molecule has 0 bridgehead atoms. The predicted octanol–water partition coefficient (Wildman–Crippen LogP) is 4.11. The maximum Gasteiger partial charge on any atom is 0.262 e. The summed E-state index contributed by atoms with van der Waals surface area (Å²) in [4.78, 5) is 29.9. The zero-order valence-corrected chi connectivity index (χ0v) is 17.4. The molecule has 0 fully saturated rings. The number of hydrogen-bond donors (Lipinski definition) is 1. The number of benzene rings is 2. The number of nitrogens with one attached hydrogen (secondary N) is 1. The van der Waals surface area contributed by atoms with E-state index in [1.54, 1.807) is 16.7 Å². The van der Waals surface area contributed by atoms with Crippen LogP contribution >= 0.6 is 23.4 Å². The minimum atomic E-state index is -0.129. The summed E-state index contributed by atoms with van der Waals surface area (Å²) < 4.78 is 1.61. The summed E-state index contributed by atoms with van der Waals surface area (Å²) in [5.41, 5.74) is 1.40. The Hall–Kier alpha value is -2.31. The van der Waals surface area contributed by atoms with Crippen LogP contribution in [-0.4, -0.2) is 27.3 Å². The highest BCUT2D eigenvalue weighted by Crippen LogP contribution is 2.20. The second kappa shape index (κ2) is 9.26. The topological polar surface area (TPSA) is 64.0 Å². The van der Waals surface area contributed by atoms with Gasteiger partial charge in [0, 0.05) is 11.1 Å². The lowest BCUT2D eigenvalue weighted by Crippen LogP contribution is -2.33. The smallest absolute Gasteiger partial charge is 0.262 e. The summed E-state index contributed by atoms with van der Waals surface area (Å²) in [6.07, 6.45) is 0.865. The van der Waals surface area contributed by atoms with Gasteiger partial charge in [-0.1, -0.05) is 54.6 Å². The number of carbonyl (C=O) groups is 1. The van der Waals surface area contributed by atoms with Crippen molar-refractivity contribution >= 4 is 40.2 Å².